The van der Waals surface area contributed by atoms with E-state index < -0.39 is 0 Å². The van der Waals surface area contributed by atoms with Gasteiger partial charge in [-0.25, -0.2) is 9.37 Å². The predicted molar refractivity (Wildman–Crippen MR) is 77.4 cm³/mol. The second-order valence-corrected chi connectivity index (χ2v) is 4.74. The second-order valence-electron chi connectivity index (χ2n) is 4.74. The first-order valence-electron chi connectivity index (χ1n) is 6.41. The van der Waals surface area contributed by atoms with Crippen molar-refractivity contribution in [3.8, 4) is 11.1 Å². The minimum atomic E-state index is -0.247. The monoisotopic (exact) mass is 270 g/mol. The van der Waals surface area contributed by atoms with Gasteiger partial charge in [0, 0.05) is 24.4 Å². The van der Waals surface area contributed by atoms with E-state index in [1.54, 1.807) is 16.6 Å². The first-order chi connectivity index (χ1) is 9.60. The van der Waals surface area contributed by atoms with Gasteiger partial charge in [0.15, 0.2) is 5.65 Å². The van der Waals surface area contributed by atoms with Crippen LogP contribution < -0.4 is 5.32 Å². The van der Waals surface area contributed by atoms with E-state index in [0.29, 0.717) is 0 Å². The highest BCUT2D eigenvalue weighted by atomic mass is 19.1. The highest BCUT2D eigenvalue weighted by molar-refractivity contribution is 5.80. The van der Waals surface area contributed by atoms with Gasteiger partial charge in [0.05, 0.1) is 5.69 Å². The van der Waals surface area contributed by atoms with Crippen molar-refractivity contribution < 1.29 is 4.39 Å². The van der Waals surface area contributed by atoms with Crippen molar-refractivity contribution in [1.82, 2.24) is 14.6 Å². The number of anilines is 1. The van der Waals surface area contributed by atoms with Crippen molar-refractivity contribution in [2.75, 3.05) is 12.4 Å². The van der Waals surface area contributed by atoms with Crippen LogP contribution in [-0.2, 0) is 0 Å². The molecule has 102 valence electrons. The first-order valence-corrected chi connectivity index (χ1v) is 6.41. The molecule has 4 nitrogen and oxygen atoms in total. The van der Waals surface area contributed by atoms with Gasteiger partial charge >= 0.3 is 0 Å². The second kappa shape index (κ2) is 4.59. The Bertz CT molecular complexity index is 775. The van der Waals surface area contributed by atoms with Crippen LogP contribution in [0.25, 0.3) is 16.8 Å². The molecule has 1 aromatic carbocycles. The number of hydrogen-bond acceptors (Lipinski definition) is 3. The van der Waals surface area contributed by atoms with Gasteiger partial charge in [-0.2, -0.15) is 9.61 Å². The maximum atomic E-state index is 13.1. The van der Waals surface area contributed by atoms with Crippen molar-refractivity contribution in [2.45, 2.75) is 13.8 Å². The summed E-state index contributed by atoms with van der Waals surface area (Å²) in [6.45, 7) is 3.87. The summed E-state index contributed by atoms with van der Waals surface area (Å²) in [4.78, 5) is 4.57. The molecule has 0 aliphatic carbocycles. The van der Waals surface area contributed by atoms with Crippen LogP contribution in [-0.4, -0.2) is 21.6 Å². The number of hydrogen-bond donors (Lipinski definition) is 1. The molecule has 0 unspecified atom stereocenters. The Balaban J connectivity index is 2.33. The summed E-state index contributed by atoms with van der Waals surface area (Å²) in [5.41, 5.74) is 4.40. The van der Waals surface area contributed by atoms with Crippen LogP contribution in [0.15, 0.2) is 30.3 Å². The first kappa shape index (κ1) is 12.6. The zero-order valence-electron chi connectivity index (χ0n) is 11.6. The lowest BCUT2D eigenvalue weighted by molar-refractivity contribution is 0.628. The van der Waals surface area contributed by atoms with Gasteiger partial charge in [-0.1, -0.05) is 12.1 Å². The van der Waals surface area contributed by atoms with Gasteiger partial charge in [-0.15, -0.1) is 0 Å². The Kier molecular flexibility index (Phi) is 2.89. The maximum absolute atomic E-state index is 13.1. The van der Waals surface area contributed by atoms with Gasteiger partial charge in [0.2, 0.25) is 0 Å². The fraction of sp³-hybridized carbons (Fsp3) is 0.200. The van der Waals surface area contributed by atoms with E-state index in [0.717, 1.165) is 34.0 Å². The number of rotatable bonds is 2. The van der Waals surface area contributed by atoms with E-state index in [1.807, 2.05) is 27.0 Å². The Hall–Kier alpha value is -2.43. The van der Waals surface area contributed by atoms with E-state index in [9.17, 15) is 4.39 Å². The zero-order valence-corrected chi connectivity index (χ0v) is 11.6. The Morgan fingerprint density at radius 3 is 2.50 bits per heavy atom. The van der Waals surface area contributed by atoms with Crippen LogP contribution in [0.2, 0.25) is 0 Å². The molecule has 2 heterocycles. The summed E-state index contributed by atoms with van der Waals surface area (Å²) in [6, 6.07) is 8.35. The van der Waals surface area contributed by atoms with Crippen molar-refractivity contribution >= 4 is 11.5 Å². The lowest BCUT2D eigenvalue weighted by Crippen LogP contribution is -2.02. The molecule has 1 N–H and O–H groups in total. The molecule has 0 aliphatic heterocycles. The third-order valence-corrected chi connectivity index (χ3v) is 3.28. The molecule has 3 rings (SSSR count). The quantitative estimate of drug-likeness (QED) is 0.777. The Labute approximate surface area is 116 Å². The highest BCUT2D eigenvalue weighted by Crippen LogP contribution is 2.29. The van der Waals surface area contributed by atoms with Gasteiger partial charge < -0.3 is 5.32 Å². The Morgan fingerprint density at radius 2 is 1.85 bits per heavy atom. The molecular weight excluding hydrogens is 255 g/mol. The van der Waals surface area contributed by atoms with Crippen molar-refractivity contribution in [3.05, 3.63) is 47.5 Å². The molecule has 2 aromatic heterocycles. The van der Waals surface area contributed by atoms with Crippen molar-refractivity contribution in [1.29, 1.82) is 0 Å². The molecule has 0 spiro atoms. The van der Waals surface area contributed by atoms with E-state index in [4.69, 9.17) is 0 Å². The number of halogens is 1. The SMILES string of the molecule is CNc1cc(C)nc2c(-c3ccc(F)cc3)c(C)nn12. The van der Waals surface area contributed by atoms with Gasteiger partial charge in [0.25, 0.3) is 0 Å². The molecule has 20 heavy (non-hydrogen) atoms. The molecule has 0 saturated heterocycles. The largest absolute Gasteiger partial charge is 0.373 e. The van der Waals surface area contributed by atoms with E-state index in [1.165, 1.54) is 12.1 Å². The topological polar surface area (TPSA) is 42.2 Å². The van der Waals surface area contributed by atoms with E-state index in [-0.39, 0.29) is 5.82 Å². The number of nitrogens with zero attached hydrogens (tertiary/aromatic N) is 3. The van der Waals surface area contributed by atoms with Crippen LogP contribution in [0.3, 0.4) is 0 Å². The molecule has 0 amide bonds. The van der Waals surface area contributed by atoms with Gasteiger partial charge in [-0.3, -0.25) is 0 Å². The van der Waals surface area contributed by atoms with E-state index >= 15 is 0 Å². The summed E-state index contributed by atoms with van der Waals surface area (Å²) in [7, 11) is 1.85. The summed E-state index contributed by atoms with van der Waals surface area (Å²) in [6.07, 6.45) is 0. The summed E-state index contributed by atoms with van der Waals surface area (Å²) in [5, 5.41) is 7.63. The summed E-state index contributed by atoms with van der Waals surface area (Å²) < 4.78 is 14.9. The van der Waals surface area contributed by atoms with Crippen LogP contribution in [0.5, 0.6) is 0 Å². The van der Waals surface area contributed by atoms with E-state index in [2.05, 4.69) is 15.4 Å². The number of nitrogens with one attached hydrogen (secondary N) is 1. The molecule has 0 aliphatic rings. The minimum Gasteiger partial charge on any atom is -0.373 e. The average molecular weight is 270 g/mol. The van der Waals surface area contributed by atoms with Crippen LogP contribution in [0.1, 0.15) is 11.4 Å². The molecule has 0 fully saturated rings. The lowest BCUT2D eigenvalue weighted by Gasteiger charge is -2.05. The third kappa shape index (κ3) is 1.91. The number of fused-ring (bicyclic) bond motifs is 1. The van der Waals surface area contributed by atoms with Crippen molar-refractivity contribution in [3.63, 3.8) is 0 Å². The average Bonchev–Trinajstić information content (AvgIpc) is 2.75. The lowest BCUT2D eigenvalue weighted by atomic mass is 10.1. The molecule has 5 heteroatoms. The smallest absolute Gasteiger partial charge is 0.165 e. The molecule has 0 bridgehead atoms. The van der Waals surface area contributed by atoms with Crippen LogP contribution in [0.4, 0.5) is 10.2 Å². The molecule has 0 saturated carbocycles. The minimum absolute atomic E-state index is 0.247. The number of benzene rings is 1. The summed E-state index contributed by atoms with van der Waals surface area (Å²) >= 11 is 0. The maximum Gasteiger partial charge on any atom is 0.165 e. The predicted octanol–water partition coefficient (Wildman–Crippen LogP) is 3.19. The standard InChI is InChI=1S/C15H15FN4/c1-9-8-13(17-3)20-15(18-9)14(10(2)19-20)11-4-6-12(16)7-5-11/h4-8,17H,1-3H3. The normalized spacial score (nSPS) is 11.0. The third-order valence-electron chi connectivity index (χ3n) is 3.28. The zero-order chi connectivity index (χ0) is 14.3. The fourth-order valence-corrected chi connectivity index (χ4v) is 2.38. The highest BCUT2D eigenvalue weighted by Gasteiger charge is 2.15. The molecule has 0 atom stereocenters. The van der Waals surface area contributed by atoms with Gasteiger partial charge in [-0.05, 0) is 31.5 Å². The molecule has 3 aromatic rings. The molecule has 0 radical (unpaired) electrons. The van der Waals surface area contributed by atoms with Crippen LogP contribution in [0, 0.1) is 19.7 Å². The Morgan fingerprint density at radius 1 is 1.15 bits per heavy atom. The van der Waals surface area contributed by atoms with Crippen molar-refractivity contribution in [2.24, 2.45) is 0 Å². The molecular formula is C15H15FN4. The summed E-state index contributed by atoms with van der Waals surface area (Å²) in [5.74, 6) is 0.631. The number of aryl methyl sites for hydroxylation is 2. The fourth-order valence-electron chi connectivity index (χ4n) is 2.38. The number of aromatic nitrogens is 3. The van der Waals surface area contributed by atoms with Gasteiger partial charge in [0.1, 0.15) is 11.6 Å². The van der Waals surface area contributed by atoms with Crippen LogP contribution >= 0.6 is 0 Å².